The Morgan fingerprint density at radius 2 is 1.82 bits per heavy atom. The van der Waals surface area contributed by atoms with Gasteiger partial charge in [0.15, 0.2) is 11.5 Å². The number of benzene rings is 1. The minimum absolute atomic E-state index is 0.0514. The van der Waals surface area contributed by atoms with Crippen LogP contribution in [0.4, 0.5) is 5.82 Å². The van der Waals surface area contributed by atoms with Gasteiger partial charge in [-0.1, -0.05) is 0 Å². The summed E-state index contributed by atoms with van der Waals surface area (Å²) in [6.07, 6.45) is 4.87. The van der Waals surface area contributed by atoms with Crippen LogP contribution in [0, 0.1) is 0 Å². The number of likely N-dealkylation sites (N-methyl/N-ethyl adjacent to an activating group) is 1. The van der Waals surface area contributed by atoms with Gasteiger partial charge in [-0.05, 0) is 31.7 Å². The maximum absolute atomic E-state index is 12.7. The zero-order valence-corrected chi connectivity index (χ0v) is 17.3. The second kappa shape index (κ2) is 7.36. The summed E-state index contributed by atoms with van der Waals surface area (Å²) in [7, 11) is 1.71. The summed E-state index contributed by atoms with van der Waals surface area (Å²) in [6, 6.07) is 3.67. The summed E-state index contributed by atoms with van der Waals surface area (Å²) >= 11 is 0. The van der Waals surface area contributed by atoms with Crippen LogP contribution in [-0.2, 0) is 10.0 Å². The third-order valence-electron chi connectivity index (χ3n) is 5.68. The zero-order valence-electron chi connectivity index (χ0n) is 16.5. The molecule has 9 heteroatoms. The lowest BCUT2D eigenvalue weighted by molar-refractivity contribution is 0.319. The molecule has 1 unspecified atom stereocenters. The number of rotatable bonds is 6. The summed E-state index contributed by atoms with van der Waals surface area (Å²) in [4.78, 5) is 11.0. The van der Waals surface area contributed by atoms with Crippen molar-refractivity contribution in [1.29, 1.82) is 0 Å². The molecule has 28 heavy (non-hydrogen) atoms. The van der Waals surface area contributed by atoms with Crippen LogP contribution in [0.25, 0.3) is 10.9 Å². The molecule has 152 valence electrons. The number of fused-ring (bicyclic) bond motifs is 1. The van der Waals surface area contributed by atoms with E-state index in [1.807, 2.05) is 12.1 Å². The summed E-state index contributed by atoms with van der Waals surface area (Å²) in [5.41, 5.74) is 0.767. The number of nitrogens with zero attached hydrogens (tertiary/aromatic N) is 4. The van der Waals surface area contributed by atoms with Gasteiger partial charge in [0.05, 0.1) is 25.0 Å². The topological polar surface area (TPSA) is 84.9 Å². The largest absolute Gasteiger partial charge is 0.493 e. The van der Waals surface area contributed by atoms with Gasteiger partial charge in [-0.2, -0.15) is 4.31 Å². The Morgan fingerprint density at radius 1 is 1.11 bits per heavy atom. The molecule has 0 N–H and O–H groups in total. The van der Waals surface area contributed by atoms with Gasteiger partial charge in [0.1, 0.15) is 12.1 Å². The van der Waals surface area contributed by atoms with Crippen molar-refractivity contribution >= 4 is 26.7 Å². The highest BCUT2D eigenvalue weighted by molar-refractivity contribution is 7.90. The highest BCUT2D eigenvalue weighted by Crippen LogP contribution is 2.36. The van der Waals surface area contributed by atoms with Crippen molar-refractivity contribution in [3.8, 4) is 11.5 Å². The van der Waals surface area contributed by atoms with Crippen LogP contribution in [0.5, 0.6) is 11.5 Å². The Hall–Kier alpha value is -2.13. The number of anilines is 1. The van der Waals surface area contributed by atoms with Crippen molar-refractivity contribution in [2.24, 2.45) is 0 Å². The third-order valence-corrected chi connectivity index (χ3v) is 8.09. The lowest BCUT2D eigenvalue weighted by Gasteiger charge is -2.38. The van der Waals surface area contributed by atoms with Crippen molar-refractivity contribution in [3.05, 3.63) is 18.5 Å². The molecule has 2 heterocycles. The smallest absolute Gasteiger partial charge is 0.217 e. The molecule has 0 radical (unpaired) electrons. The van der Waals surface area contributed by atoms with E-state index >= 15 is 0 Å². The SMILES string of the molecule is COc1cc2ncnc(N3CCCC(N(C)S(=O)(=O)C4CC4)C3)c2cc1OC. The normalized spacial score (nSPS) is 20.6. The molecule has 0 spiro atoms. The highest BCUT2D eigenvalue weighted by atomic mass is 32.2. The van der Waals surface area contributed by atoms with Crippen LogP contribution in [0.15, 0.2) is 18.5 Å². The van der Waals surface area contributed by atoms with Crippen molar-refractivity contribution in [2.75, 3.05) is 39.3 Å². The molecule has 1 aliphatic carbocycles. The average molecular weight is 407 g/mol. The second-order valence-electron chi connectivity index (χ2n) is 7.42. The number of methoxy groups -OCH3 is 2. The molecule has 1 aliphatic heterocycles. The molecule has 4 rings (SSSR count). The Balaban J connectivity index is 1.65. The van der Waals surface area contributed by atoms with Gasteiger partial charge in [0.25, 0.3) is 0 Å². The molecular weight excluding hydrogens is 380 g/mol. The standard InChI is InChI=1S/C19H26N4O4S/c1-22(28(24,25)14-6-7-14)13-5-4-8-23(11-13)19-15-9-17(26-2)18(27-3)10-16(15)20-12-21-19/h9-10,12-14H,4-8,11H2,1-3H3. The number of hydrogen-bond donors (Lipinski definition) is 0. The first-order valence-electron chi connectivity index (χ1n) is 9.54. The maximum Gasteiger partial charge on any atom is 0.217 e. The van der Waals surface area contributed by atoms with E-state index in [4.69, 9.17) is 9.47 Å². The van der Waals surface area contributed by atoms with E-state index < -0.39 is 10.0 Å². The summed E-state index contributed by atoms with van der Waals surface area (Å²) in [6.45, 7) is 1.44. The van der Waals surface area contributed by atoms with Crippen LogP contribution < -0.4 is 14.4 Å². The van der Waals surface area contributed by atoms with Crippen molar-refractivity contribution < 1.29 is 17.9 Å². The minimum atomic E-state index is -3.20. The van der Waals surface area contributed by atoms with Gasteiger partial charge < -0.3 is 14.4 Å². The van der Waals surface area contributed by atoms with Gasteiger partial charge in [-0.3, -0.25) is 0 Å². The van der Waals surface area contributed by atoms with E-state index in [0.29, 0.717) is 18.0 Å². The fourth-order valence-corrected chi connectivity index (χ4v) is 5.66. The lowest BCUT2D eigenvalue weighted by atomic mass is 10.1. The van der Waals surface area contributed by atoms with Gasteiger partial charge in [-0.15, -0.1) is 0 Å². The van der Waals surface area contributed by atoms with E-state index in [-0.39, 0.29) is 11.3 Å². The molecule has 2 fully saturated rings. The summed E-state index contributed by atoms with van der Waals surface area (Å²) in [5.74, 6) is 2.03. The fourth-order valence-electron chi connectivity index (χ4n) is 3.87. The Labute approximate surface area is 165 Å². The lowest BCUT2D eigenvalue weighted by Crippen LogP contribution is -2.49. The number of aromatic nitrogens is 2. The first kappa shape index (κ1) is 19.2. The Bertz CT molecular complexity index is 977. The van der Waals surface area contributed by atoms with Crippen LogP contribution in [0.3, 0.4) is 0 Å². The predicted molar refractivity (Wildman–Crippen MR) is 108 cm³/mol. The molecule has 2 aliphatic rings. The quantitative estimate of drug-likeness (QED) is 0.726. The van der Waals surface area contributed by atoms with Crippen molar-refractivity contribution in [1.82, 2.24) is 14.3 Å². The zero-order chi connectivity index (χ0) is 19.9. The third kappa shape index (κ3) is 3.37. The van der Waals surface area contributed by atoms with Crippen LogP contribution in [0.2, 0.25) is 0 Å². The van der Waals surface area contributed by atoms with Crippen LogP contribution in [-0.4, -0.2) is 68.3 Å². The summed E-state index contributed by atoms with van der Waals surface area (Å²) in [5, 5.41) is 0.679. The molecule has 1 aromatic carbocycles. The monoisotopic (exact) mass is 406 g/mol. The van der Waals surface area contributed by atoms with Gasteiger partial charge in [0.2, 0.25) is 10.0 Å². The first-order chi connectivity index (χ1) is 13.5. The van der Waals surface area contributed by atoms with E-state index in [1.165, 1.54) is 6.33 Å². The van der Waals surface area contributed by atoms with E-state index in [1.54, 1.807) is 25.6 Å². The van der Waals surface area contributed by atoms with Crippen molar-refractivity contribution in [3.63, 3.8) is 0 Å². The highest BCUT2D eigenvalue weighted by Gasteiger charge is 2.42. The van der Waals surface area contributed by atoms with E-state index in [9.17, 15) is 8.42 Å². The second-order valence-corrected chi connectivity index (χ2v) is 9.70. The Kier molecular flexibility index (Phi) is 5.05. The number of piperidine rings is 1. The molecule has 8 nitrogen and oxygen atoms in total. The van der Waals surface area contributed by atoms with E-state index in [2.05, 4.69) is 14.9 Å². The first-order valence-corrected chi connectivity index (χ1v) is 11.0. The van der Waals surface area contributed by atoms with E-state index in [0.717, 1.165) is 48.9 Å². The number of sulfonamides is 1. The molecule has 1 aromatic heterocycles. The van der Waals surface area contributed by atoms with Crippen LogP contribution >= 0.6 is 0 Å². The number of hydrogen-bond acceptors (Lipinski definition) is 7. The molecule has 1 saturated heterocycles. The molecule has 0 amide bonds. The maximum atomic E-state index is 12.7. The van der Waals surface area contributed by atoms with Crippen molar-refractivity contribution in [2.45, 2.75) is 37.0 Å². The molecular formula is C19H26N4O4S. The molecule has 0 bridgehead atoms. The average Bonchev–Trinajstić information content (AvgIpc) is 3.57. The molecule has 1 saturated carbocycles. The predicted octanol–water partition coefficient (Wildman–Crippen LogP) is 2.04. The molecule has 1 atom stereocenters. The molecule has 2 aromatic rings. The van der Waals surface area contributed by atoms with Gasteiger partial charge in [0, 0.05) is 37.6 Å². The van der Waals surface area contributed by atoms with Gasteiger partial charge in [-0.25, -0.2) is 18.4 Å². The van der Waals surface area contributed by atoms with Crippen LogP contribution in [0.1, 0.15) is 25.7 Å². The Morgan fingerprint density at radius 3 is 2.50 bits per heavy atom. The fraction of sp³-hybridized carbons (Fsp3) is 0.579. The minimum Gasteiger partial charge on any atom is -0.493 e. The van der Waals surface area contributed by atoms with Gasteiger partial charge >= 0.3 is 0 Å². The number of ether oxygens (including phenoxy) is 2. The summed E-state index contributed by atoms with van der Waals surface area (Å²) < 4.78 is 37.7.